The highest BCUT2D eigenvalue weighted by Gasteiger charge is 2.31. The van der Waals surface area contributed by atoms with Gasteiger partial charge in [-0.25, -0.2) is 4.98 Å². The molecule has 0 radical (unpaired) electrons. The van der Waals surface area contributed by atoms with Crippen LogP contribution in [0.15, 0.2) is 24.3 Å². The number of benzene rings is 1. The van der Waals surface area contributed by atoms with Crippen LogP contribution in [0.25, 0.3) is 0 Å². The van der Waals surface area contributed by atoms with Gasteiger partial charge in [0.25, 0.3) is 5.91 Å². The number of nitrogens with one attached hydrogen (secondary N) is 2. The molecular weight excluding hydrogens is 433 g/mol. The van der Waals surface area contributed by atoms with Crippen LogP contribution in [0.1, 0.15) is 29.0 Å². The number of halogens is 3. The number of amides is 2. The Balaban J connectivity index is 1.32. The third kappa shape index (κ3) is 5.41. The molecule has 1 aromatic carbocycles. The molecule has 0 bridgehead atoms. The first kappa shape index (κ1) is 21.7. The zero-order valence-corrected chi connectivity index (χ0v) is 17.3. The van der Waals surface area contributed by atoms with Crippen molar-refractivity contribution in [3.05, 3.63) is 40.4 Å². The lowest BCUT2D eigenvalue weighted by Crippen LogP contribution is -2.36. The van der Waals surface area contributed by atoms with Gasteiger partial charge in [0.1, 0.15) is 6.10 Å². The van der Waals surface area contributed by atoms with Crippen molar-refractivity contribution in [2.24, 2.45) is 0 Å². The summed E-state index contributed by atoms with van der Waals surface area (Å²) in [7, 11) is 0. The summed E-state index contributed by atoms with van der Waals surface area (Å²) in [6, 6.07) is 4.56. The number of rotatable bonds is 5. The fraction of sp³-hybridized carbons (Fsp3) is 0.450. The predicted octanol–water partition coefficient (Wildman–Crippen LogP) is 3.28. The monoisotopic (exact) mass is 454 g/mol. The van der Waals surface area contributed by atoms with E-state index < -0.39 is 17.8 Å². The molecule has 3 heterocycles. The Morgan fingerprint density at radius 2 is 2.13 bits per heavy atom. The second kappa shape index (κ2) is 8.93. The standard InChI is InChI=1S/C20H21F3N4O3S/c21-20(22,23)12-3-1-4-13(9-12)24-17(28)11-27-7-6-14-16(10-27)31-19(25-14)26-18(29)15-5-2-8-30-15/h1,3-4,9,15H,2,5-8,10-11H2,(H,24,28)(H,25,26,29). The highest BCUT2D eigenvalue weighted by molar-refractivity contribution is 7.15. The van der Waals surface area contributed by atoms with Crippen molar-refractivity contribution >= 4 is 34.0 Å². The number of anilines is 2. The first-order valence-electron chi connectivity index (χ1n) is 9.88. The summed E-state index contributed by atoms with van der Waals surface area (Å²) in [5.74, 6) is -0.583. The summed E-state index contributed by atoms with van der Waals surface area (Å²) in [6.45, 7) is 1.71. The molecule has 1 unspecified atom stereocenters. The zero-order chi connectivity index (χ0) is 22.0. The molecule has 166 valence electrons. The van der Waals surface area contributed by atoms with E-state index in [1.54, 1.807) is 0 Å². The van der Waals surface area contributed by atoms with Gasteiger partial charge in [-0.3, -0.25) is 19.8 Å². The van der Waals surface area contributed by atoms with Gasteiger partial charge in [-0.2, -0.15) is 13.2 Å². The molecule has 1 atom stereocenters. The van der Waals surface area contributed by atoms with Crippen LogP contribution < -0.4 is 10.6 Å². The van der Waals surface area contributed by atoms with Crippen LogP contribution in [0.5, 0.6) is 0 Å². The van der Waals surface area contributed by atoms with E-state index in [0.717, 1.165) is 29.1 Å². The Kier molecular flexibility index (Phi) is 6.26. The molecule has 2 aliphatic rings. The second-order valence-corrected chi connectivity index (χ2v) is 8.55. The molecule has 4 rings (SSSR count). The van der Waals surface area contributed by atoms with Crippen molar-refractivity contribution in [2.45, 2.75) is 38.1 Å². The molecule has 31 heavy (non-hydrogen) atoms. The van der Waals surface area contributed by atoms with Gasteiger partial charge < -0.3 is 10.1 Å². The van der Waals surface area contributed by atoms with Crippen LogP contribution in [-0.4, -0.2) is 47.5 Å². The van der Waals surface area contributed by atoms with Crippen LogP contribution in [0, 0.1) is 0 Å². The van der Waals surface area contributed by atoms with Gasteiger partial charge in [0.15, 0.2) is 5.13 Å². The molecular formula is C20H21F3N4O3S. The number of fused-ring (bicyclic) bond motifs is 1. The molecule has 11 heteroatoms. The molecule has 2 N–H and O–H groups in total. The summed E-state index contributed by atoms with van der Waals surface area (Å²) in [5, 5.41) is 5.84. The first-order chi connectivity index (χ1) is 14.8. The third-order valence-corrected chi connectivity index (χ3v) is 6.10. The van der Waals surface area contributed by atoms with Gasteiger partial charge >= 0.3 is 6.18 Å². The van der Waals surface area contributed by atoms with Crippen molar-refractivity contribution < 1.29 is 27.5 Å². The van der Waals surface area contributed by atoms with E-state index >= 15 is 0 Å². The maximum Gasteiger partial charge on any atom is 0.416 e. The average molecular weight is 454 g/mol. The topological polar surface area (TPSA) is 83.6 Å². The van der Waals surface area contributed by atoms with E-state index in [2.05, 4.69) is 15.6 Å². The maximum atomic E-state index is 12.8. The lowest BCUT2D eigenvalue weighted by Gasteiger charge is -2.25. The zero-order valence-electron chi connectivity index (χ0n) is 16.5. The Bertz CT molecular complexity index is 973. The van der Waals surface area contributed by atoms with E-state index in [4.69, 9.17) is 4.74 Å². The van der Waals surface area contributed by atoms with Crippen molar-refractivity contribution in [1.29, 1.82) is 0 Å². The molecule has 1 saturated heterocycles. The number of nitrogens with zero attached hydrogens (tertiary/aromatic N) is 2. The molecule has 2 aliphatic heterocycles. The molecule has 0 spiro atoms. The van der Waals surface area contributed by atoms with E-state index in [1.165, 1.54) is 23.5 Å². The molecule has 2 amide bonds. The van der Waals surface area contributed by atoms with Crippen LogP contribution >= 0.6 is 11.3 Å². The molecule has 0 aliphatic carbocycles. The second-order valence-electron chi connectivity index (χ2n) is 7.47. The number of hydrogen-bond donors (Lipinski definition) is 2. The Labute approximate surface area is 180 Å². The summed E-state index contributed by atoms with van der Waals surface area (Å²) in [5.41, 5.74) is 0.187. The Morgan fingerprint density at radius 1 is 1.29 bits per heavy atom. The van der Waals surface area contributed by atoms with E-state index in [1.807, 2.05) is 4.90 Å². The quantitative estimate of drug-likeness (QED) is 0.725. The number of aromatic nitrogens is 1. The molecule has 1 aromatic heterocycles. The van der Waals surface area contributed by atoms with E-state index in [9.17, 15) is 22.8 Å². The number of alkyl halides is 3. The summed E-state index contributed by atoms with van der Waals surface area (Å²) in [6.07, 6.45) is -2.71. The van der Waals surface area contributed by atoms with Crippen molar-refractivity contribution in [1.82, 2.24) is 9.88 Å². The SMILES string of the molecule is O=C(CN1CCc2nc(NC(=O)C3CCCO3)sc2C1)Nc1cccc(C(F)(F)F)c1. The minimum atomic E-state index is -4.47. The molecule has 7 nitrogen and oxygen atoms in total. The lowest BCUT2D eigenvalue weighted by molar-refractivity contribution is -0.137. The average Bonchev–Trinajstić information content (AvgIpc) is 3.36. The van der Waals surface area contributed by atoms with E-state index in [-0.39, 0.29) is 24.0 Å². The van der Waals surface area contributed by atoms with Crippen molar-refractivity contribution in [3.63, 3.8) is 0 Å². The Morgan fingerprint density at radius 3 is 2.87 bits per heavy atom. The summed E-state index contributed by atoms with van der Waals surface area (Å²) >= 11 is 1.36. The van der Waals surface area contributed by atoms with Gasteiger partial charge in [-0.05, 0) is 31.0 Å². The third-order valence-electron chi connectivity index (χ3n) is 5.10. The lowest BCUT2D eigenvalue weighted by atomic mass is 10.1. The summed E-state index contributed by atoms with van der Waals surface area (Å²) < 4.78 is 43.9. The smallest absolute Gasteiger partial charge is 0.368 e. The molecule has 2 aromatic rings. The minimum absolute atomic E-state index is 0.0468. The van der Waals surface area contributed by atoms with Gasteiger partial charge in [-0.15, -0.1) is 11.3 Å². The van der Waals surface area contributed by atoms with Gasteiger partial charge in [0.05, 0.1) is 17.8 Å². The summed E-state index contributed by atoms with van der Waals surface area (Å²) in [4.78, 5) is 31.9. The normalized spacial score (nSPS) is 19.1. The number of carbonyl (C=O) groups excluding carboxylic acids is 2. The first-order valence-corrected chi connectivity index (χ1v) is 10.7. The number of thiazole rings is 1. The Hall–Kier alpha value is -2.50. The van der Waals surface area contributed by atoms with Crippen LogP contribution in [0.2, 0.25) is 0 Å². The largest absolute Gasteiger partial charge is 0.416 e. The minimum Gasteiger partial charge on any atom is -0.368 e. The fourth-order valence-corrected chi connectivity index (χ4v) is 4.64. The molecule has 0 saturated carbocycles. The van der Waals surface area contributed by atoms with E-state index in [0.29, 0.717) is 37.7 Å². The van der Waals surface area contributed by atoms with Crippen molar-refractivity contribution in [2.75, 3.05) is 30.3 Å². The van der Waals surface area contributed by atoms with Crippen molar-refractivity contribution in [3.8, 4) is 0 Å². The fourth-order valence-electron chi connectivity index (χ4n) is 3.58. The molecule has 1 fully saturated rings. The highest BCUT2D eigenvalue weighted by atomic mass is 32.1. The van der Waals surface area contributed by atoms with Crippen LogP contribution in [0.3, 0.4) is 0 Å². The highest BCUT2D eigenvalue weighted by Crippen LogP contribution is 2.31. The van der Waals surface area contributed by atoms with Crippen LogP contribution in [0.4, 0.5) is 24.0 Å². The number of hydrogen-bond acceptors (Lipinski definition) is 6. The van der Waals surface area contributed by atoms with Gasteiger partial charge in [0.2, 0.25) is 5.91 Å². The maximum absolute atomic E-state index is 12.8. The van der Waals surface area contributed by atoms with Gasteiger partial charge in [-0.1, -0.05) is 6.07 Å². The number of carbonyl (C=O) groups is 2. The van der Waals surface area contributed by atoms with Gasteiger partial charge in [0, 0.05) is 36.7 Å². The predicted molar refractivity (Wildman–Crippen MR) is 109 cm³/mol. The van der Waals surface area contributed by atoms with Crippen LogP contribution in [-0.2, 0) is 33.5 Å². The number of ether oxygens (including phenoxy) is 1.